The molecule has 0 fully saturated rings. The number of methoxy groups -OCH3 is 1. The van der Waals surface area contributed by atoms with Crippen molar-refractivity contribution in [2.45, 2.75) is 52.8 Å². The number of esters is 1. The van der Waals surface area contributed by atoms with Crippen LogP contribution in [0.1, 0.15) is 70.5 Å². The Morgan fingerprint density at radius 2 is 1.74 bits per heavy atom. The topological polar surface area (TPSA) is 112 Å². The quantitative estimate of drug-likeness (QED) is 0.230. The Morgan fingerprint density at radius 1 is 1.02 bits per heavy atom. The largest absolute Gasteiger partial charge is 0.465 e. The predicted molar refractivity (Wildman–Crippen MR) is 163 cm³/mol. The lowest BCUT2D eigenvalue weighted by molar-refractivity contribution is 0.0522. The molecule has 10 heteroatoms. The highest BCUT2D eigenvalue weighted by Crippen LogP contribution is 2.33. The highest BCUT2D eigenvalue weighted by molar-refractivity contribution is 7.12. The van der Waals surface area contributed by atoms with E-state index in [1.54, 1.807) is 37.7 Å². The maximum absolute atomic E-state index is 13.5. The predicted octanol–water partition coefficient (Wildman–Crippen LogP) is 6.43. The number of alkyl carbamates (subject to hydrolysis) is 1. The van der Waals surface area contributed by atoms with E-state index in [0.717, 1.165) is 38.9 Å². The summed E-state index contributed by atoms with van der Waals surface area (Å²) in [5.74, 6) is -0.606. The fraction of sp³-hybridized carbons (Fsp3) is 0.312. The molecule has 0 aliphatic rings. The first-order valence-corrected chi connectivity index (χ1v) is 14.4. The van der Waals surface area contributed by atoms with Crippen LogP contribution in [0.5, 0.6) is 0 Å². The average molecular weight is 589 g/mol. The lowest BCUT2D eigenvalue weighted by Crippen LogP contribution is -2.32. The van der Waals surface area contributed by atoms with Crippen molar-refractivity contribution in [3.05, 3.63) is 87.4 Å². The van der Waals surface area contributed by atoms with Gasteiger partial charge in [-0.25, -0.2) is 9.59 Å². The molecule has 42 heavy (non-hydrogen) atoms. The minimum absolute atomic E-state index is 0.226. The molecule has 0 spiro atoms. The summed E-state index contributed by atoms with van der Waals surface area (Å²) >= 11 is 1.32. The molecule has 2 aromatic carbocycles. The van der Waals surface area contributed by atoms with E-state index in [1.807, 2.05) is 68.9 Å². The molecule has 0 saturated carbocycles. The van der Waals surface area contributed by atoms with Gasteiger partial charge in [0.05, 0.1) is 19.3 Å². The number of benzene rings is 2. The fourth-order valence-corrected chi connectivity index (χ4v) is 5.20. The molecule has 0 aliphatic heterocycles. The summed E-state index contributed by atoms with van der Waals surface area (Å²) in [6.45, 7) is 9.45. The van der Waals surface area contributed by atoms with Gasteiger partial charge in [-0.2, -0.15) is 5.10 Å². The summed E-state index contributed by atoms with van der Waals surface area (Å²) in [6, 6.07) is 13.1. The second-order valence-electron chi connectivity index (χ2n) is 11.1. The third-order valence-electron chi connectivity index (χ3n) is 6.54. The van der Waals surface area contributed by atoms with E-state index in [0.29, 0.717) is 10.4 Å². The molecule has 2 aromatic heterocycles. The highest BCUT2D eigenvalue weighted by Gasteiger charge is 2.19. The summed E-state index contributed by atoms with van der Waals surface area (Å²) in [5.41, 5.74) is 6.08. The molecule has 4 aromatic rings. The van der Waals surface area contributed by atoms with E-state index >= 15 is 0 Å². The SMILES string of the molecule is COC(=O)c1cc(-c2cc(-c3cnn(C)c3)cc(C(C)NC(=O)c3cc(CNC(=O)OC(C)(C)C)ccc3C)c2)cs1. The molecule has 4 rings (SSSR count). The summed E-state index contributed by atoms with van der Waals surface area (Å²) < 4.78 is 11.9. The Kier molecular flexibility index (Phi) is 9.16. The van der Waals surface area contributed by atoms with Crippen LogP contribution in [-0.2, 0) is 23.1 Å². The zero-order valence-corrected chi connectivity index (χ0v) is 25.7. The smallest absolute Gasteiger partial charge is 0.407 e. The van der Waals surface area contributed by atoms with Gasteiger partial charge in [0.25, 0.3) is 5.91 Å². The molecule has 1 atom stereocenters. The third kappa shape index (κ3) is 7.64. The molecule has 9 nitrogen and oxygen atoms in total. The molecular weight excluding hydrogens is 552 g/mol. The molecule has 0 radical (unpaired) electrons. The molecule has 220 valence electrons. The number of hydrogen-bond acceptors (Lipinski definition) is 7. The lowest BCUT2D eigenvalue weighted by Gasteiger charge is -2.20. The van der Waals surface area contributed by atoms with Crippen molar-refractivity contribution >= 4 is 29.3 Å². The zero-order valence-electron chi connectivity index (χ0n) is 24.9. The monoisotopic (exact) mass is 588 g/mol. The van der Waals surface area contributed by atoms with Crippen molar-refractivity contribution in [1.82, 2.24) is 20.4 Å². The van der Waals surface area contributed by atoms with Gasteiger partial charge in [0.1, 0.15) is 10.5 Å². The number of thiophene rings is 1. The van der Waals surface area contributed by atoms with Gasteiger partial charge >= 0.3 is 12.1 Å². The molecule has 2 heterocycles. The van der Waals surface area contributed by atoms with Crippen LogP contribution in [0.25, 0.3) is 22.3 Å². The van der Waals surface area contributed by atoms with Gasteiger partial charge in [0, 0.05) is 30.9 Å². The van der Waals surface area contributed by atoms with Crippen molar-refractivity contribution in [2.75, 3.05) is 7.11 Å². The van der Waals surface area contributed by atoms with Crippen molar-refractivity contribution in [1.29, 1.82) is 0 Å². The lowest BCUT2D eigenvalue weighted by atomic mass is 9.95. The van der Waals surface area contributed by atoms with Crippen molar-refractivity contribution in [3.63, 3.8) is 0 Å². The number of hydrogen-bond donors (Lipinski definition) is 2. The van der Waals surface area contributed by atoms with E-state index in [1.165, 1.54) is 18.4 Å². The van der Waals surface area contributed by atoms with Crippen LogP contribution in [0.2, 0.25) is 0 Å². The Labute approximate surface area is 249 Å². The van der Waals surface area contributed by atoms with Gasteiger partial charge in [0.2, 0.25) is 0 Å². The van der Waals surface area contributed by atoms with Crippen LogP contribution in [0.4, 0.5) is 4.79 Å². The summed E-state index contributed by atoms with van der Waals surface area (Å²) in [7, 11) is 3.22. The number of aryl methyl sites for hydroxylation is 2. The van der Waals surface area contributed by atoms with Crippen LogP contribution >= 0.6 is 11.3 Å². The number of ether oxygens (including phenoxy) is 2. The summed E-state index contributed by atoms with van der Waals surface area (Å²) in [4.78, 5) is 38.1. The summed E-state index contributed by atoms with van der Waals surface area (Å²) in [5, 5.41) is 12.1. The fourth-order valence-electron chi connectivity index (χ4n) is 4.37. The Bertz CT molecular complexity index is 1620. The molecule has 1 unspecified atom stereocenters. The number of rotatable bonds is 8. The number of carbonyl (C=O) groups is 3. The zero-order chi connectivity index (χ0) is 30.6. The number of nitrogens with zero attached hydrogens (tertiary/aromatic N) is 2. The van der Waals surface area contributed by atoms with Gasteiger partial charge in [-0.1, -0.05) is 12.1 Å². The normalized spacial score (nSPS) is 12.0. The van der Waals surface area contributed by atoms with Gasteiger partial charge < -0.3 is 20.1 Å². The van der Waals surface area contributed by atoms with Gasteiger partial charge in [-0.3, -0.25) is 9.48 Å². The molecule has 2 amide bonds. The van der Waals surface area contributed by atoms with Crippen LogP contribution in [0.3, 0.4) is 0 Å². The minimum atomic E-state index is -0.597. The molecule has 0 saturated heterocycles. The van der Waals surface area contributed by atoms with Crippen molar-refractivity contribution in [2.24, 2.45) is 7.05 Å². The summed E-state index contributed by atoms with van der Waals surface area (Å²) in [6.07, 6.45) is 3.20. The Balaban J connectivity index is 1.58. The molecule has 0 aliphatic carbocycles. The third-order valence-corrected chi connectivity index (χ3v) is 7.45. The number of aromatic nitrogens is 2. The first kappa shape index (κ1) is 30.5. The van der Waals surface area contributed by atoms with E-state index in [2.05, 4.69) is 15.7 Å². The first-order valence-electron chi connectivity index (χ1n) is 13.5. The van der Waals surface area contributed by atoms with Gasteiger partial charge in [-0.05, 0) is 104 Å². The maximum Gasteiger partial charge on any atom is 0.407 e. The molecule has 2 N–H and O–H groups in total. The van der Waals surface area contributed by atoms with Gasteiger partial charge in [-0.15, -0.1) is 11.3 Å². The van der Waals surface area contributed by atoms with Crippen LogP contribution < -0.4 is 10.6 Å². The average Bonchev–Trinajstić information content (AvgIpc) is 3.60. The number of nitrogens with one attached hydrogen (secondary N) is 2. The maximum atomic E-state index is 13.5. The van der Waals surface area contributed by atoms with E-state index in [4.69, 9.17) is 9.47 Å². The van der Waals surface area contributed by atoms with Crippen molar-refractivity contribution in [3.8, 4) is 22.3 Å². The van der Waals surface area contributed by atoms with Crippen molar-refractivity contribution < 1.29 is 23.9 Å². The molecular formula is C32H36N4O5S. The molecule has 0 bridgehead atoms. The second kappa shape index (κ2) is 12.6. The highest BCUT2D eigenvalue weighted by atomic mass is 32.1. The van der Waals surface area contributed by atoms with E-state index < -0.39 is 11.7 Å². The Hall–Kier alpha value is -4.44. The van der Waals surface area contributed by atoms with Crippen LogP contribution in [-0.4, -0.2) is 40.5 Å². The Morgan fingerprint density at radius 3 is 2.38 bits per heavy atom. The standard InChI is InChI=1S/C32H36N4O5S/c1-19-8-9-21(15-33-31(39)41-32(3,4)5)10-27(19)29(37)35-20(2)22-11-23(25-14-28(42-18-25)30(38)40-7)13-24(12-22)26-16-34-36(6)17-26/h8-14,16-18,20H,15H2,1-7H3,(H,33,39)(H,35,37). The van der Waals surface area contributed by atoms with E-state index in [-0.39, 0.29) is 24.5 Å². The van der Waals surface area contributed by atoms with Gasteiger partial charge in [0.15, 0.2) is 0 Å². The van der Waals surface area contributed by atoms with Crippen LogP contribution in [0.15, 0.2) is 60.2 Å². The second-order valence-corrected chi connectivity index (χ2v) is 12.0. The number of amides is 2. The van der Waals surface area contributed by atoms with E-state index in [9.17, 15) is 14.4 Å². The first-order chi connectivity index (χ1) is 19.8. The number of carbonyl (C=O) groups excluding carboxylic acids is 3. The van der Waals surface area contributed by atoms with Crippen LogP contribution in [0, 0.1) is 6.92 Å². The minimum Gasteiger partial charge on any atom is -0.465 e.